The van der Waals surface area contributed by atoms with Crippen LogP contribution in [0.15, 0.2) is 36.4 Å². The van der Waals surface area contributed by atoms with E-state index in [-0.39, 0.29) is 17.9 Å². The molecule has 0 radical (unpaired) electrons. The van der Waals surface area contributed by atoms with Crippen molar-refractivity contribution in [2.45, 2.75) is 39.3 Å². The molecule has 2 aromatic carbocycles. The van der Waals surface area contributed by atoms with Gasteiger partial charge in [-0.05, 0) is 49.2 Å². The van der Waals surface area contributed by atoms with E-state index in [0.717, 1.165) is 46.6 Å². The number of carbonyl (C=O) groups is 2. The molecule has 2 amide bonds. The van der Waals surface area contributed by atoms with Crippen LogP contribution in [0.4, 0.5) is 5.69 Å². The van der Waals surface area contributed by atoms with Crippen LogP contribution in [0.5, 0.6) is 0 Å². The minimum Gasteiger partial charge on any atom is -0.373 e. The van der Waals surface area contributed by atoms with Crippen LogP contribution >= 0.6 is 11.6 Å². The van der Waals surface area contributed by atoms with Gasteiger partial charge in [0.2, 0.25) is 11.8 Å². The zero-order valence-corrected chi connectivity index (χ0v) is 19.6. The first kappa shape index (κ1) is 21.9. The fraction of sp³-hybridized carbons (Fsp3) is 0.400. The highest BCUT2D eigenvalue weighted by Gasteiger charge is 2.26. The molecule has 33 heavy (non-hydrogen) atoms. The summed E-state index contributed by atoms with van der Waals surface area (Å²) in [4.78, 5) is 32.6. The van der Waals surface area contributed by atoms with Gasteiger partial charge in [-0.2, -0.15) is 0 Å². The molecule has 2 saturated heterocycles. The number of halogens is 1. The highest BCUT2D eigenvalue weighted by Crippen LogP contribution is 2.35. The van der Waals surface area contributed by atoms with Crippen LogP contribution < -0.4 is 4.90 Å². The minimum atomic E-state index is -0.139. The van der Waals surface area contributed by atoms with Gasteiger partial charge < -0.3 is 19.1 Å². The molecule has 0 aliphatic carbocycles. The molecule has 172 valence electrons. The highest BCUT2D eigenvalue weighted by atomic mass is 35.5. The van der Waals surface area contributed by atoms with Crippen LogP contribution in [0.1, 0.15) is 25.3 Å². The maximum atomic E-state index is 12.2. The second-order valence-corrected chi connectivity index (χ2v) is 9.22. The van der Waals surface area contributed by atoms with E-state index in [4.69, 9.17) is 21.3 Å². The van der Waals surface area contributed by atoms with E-state index in [1.54, 1.807) is 11.8 Å². The molecular formula is C25H27ClN4O3. The summed E-state index contributed by atoms with van der Waals surface area (Å²) in [5.74, 6) is 0.944. The molecule has 1 aromatic heterocycles. The van der Waals surface area contributed by atoms with E-state index in [0.29, 0.717) is 37.7 Å². The number of ether oxygens (including phenoxy) is 1. The fourth-order valence-electron chi connectivity index (χ4n) is 4.72. The van der Waals surface area contributed by atoms with Crippen LogP contribution in [0.2, 0.25) is 5.02 Å². The van der Waals surface area contributed by atoms with Crippen molar-refractivity contribution in [3.63, 3.8) is 0 Å². The van der Waals surface area contributed by atoms with E-state index in [1.165, 1.54) is 0 Å². The van der Waals surface area contributed by atoms with Gasteiger partial charge in [0.05, 0.1) is 35.3 Å². The fourth-order valence-corrected chi connectivity index (χ4v) is 4.98. The summed E-state index contributed by atoms with van der Waals surface area (Å²) in [5, 5.41) is 0.551. The number of hydrogen-bond acceptors (Lipinski definition) is 4. The number of rotatable bonds is 4. The minimum absolute atomic E-state index is 0.0599. The molecule has 0 N–H and O–H groups in total. The van der Waals surface area contributed by atoms with Gasteiger partial charge >= 0.3 is 0 Å². The van der Waals surface area contributed by atoms with Crippen molar-refractivity contribution in [1.29, 1.82) is 0 Å². The number of imidazole rings is 1. The Bertz CT molecular complexity index is 1240. The first-order chi connectivity index (χ1) is 15.9. The summed E-state index contributed by atoms with van der Waals surface area (Å²) in [6, 6.07) is 11.9. The summed E-state index contributed by atoms with van der Waals surface area (Å²) < 4.78 is 8.13. The summed E-state index contributed by atoms with van der Waals surface area (Å²) in [6.45, 7) is 6.59. The van der Waals surface area contributed by atoms with Crippen molar-refractivity contribution < 1.29 is 14.3 Å². The molecule has 0 unspecified atom stereocenters. The molecule has 0 saturated carbocycles. The lowest BCUT2D eigenvalue weighted by atomic mass is 10.1. The van der Waals surface area contributed by atoms with Crippen molar-refractivity contribution in [2.24, 2.45) is 0 Å². The number of aromatic nitrogens is 2. The Balaban J connectivity index is 1.54. The Morgan fingerprint density at radius 1 is 1.21 bits per heavy atom. The van der Waals surface area contributed by atoms with E-state index in [1.807, 2.05) is 30.0 Å². The Kier molecular flexibility index (Phi) is 5.85. The predicted octanol–water partition coefficient (Wildman–Crippen LogP) is 4.04. The van der Waals surface area contributed by atoms with Crippen molar-refractivity contribution in [3.8, 4) is 11.4 Å². The standard InChI is InChI=1S/C25H27ClN4O3/c1-16-5-8-23-22(12-16)27-25(30(23)15-19-14-28(17(2)31)10-11-33-19)20-7-6-18(13-21(20)26)29-9-3-4-24(29)32/h5-8,12-13,19H,3-4,9-11,14-15H2,1-2H3/t19-/m1/s1. The molecule has 0 spiro atoms. The van der Waals surface area contributed by atoms with Crippen molar-refractivity contribution in [3.05, 3.63) is 47.0 Å². The van der Waals surface area contributed by atoms with Gasteiger partial charge in [-0.15, -0.1) is 0 Å². The van der Waals surface area contributed by atoms with Crippen LogP contribution in [0.25, 0.3) is 22.4 Å². The van der Waals surface area contributed by atoms with Gasteiger partial charge in [0, 0.05) is 44.2 Å². The first-order valence-corrected chi connectivity index (χ1v) is 11.7. The number of morpholine rings is 1. The van der Waals surface area contributed by atoms with Gasteiger partial charge in [-0.1, -0.05) is 17.7 Å². The second-order valence-electron chi connectivity index (χ2n) is 8.81. The Morgan fingerprint density at radius 3 is 2.79 bits per heavy atom. The summed E-state index contributed by atoms with van der Waals surface area (Å²) in [7, 11) is 0. The number of benzene rings is 2. The topological polar surface area (TPSA) is 67.7 Å². The molecule has 8 heteroatoms. The average molecular weight is 467 g/mol. The zero-order chi connectivity index (χ0) is 23.1. The Labute approximate surface area is 197 Å². The number of hydrogen-bond donors (Lipinski definition) is 0. The van der Waals surface area contributed by atoms with Crippen LogP contribution in [-0.4, -0.2) is 58.6 Å². The molecule has 1 atom stereocenters. The van der Waals surface area contributed by atoms with Gasteiger partial charge in [-0.25, -0.2) is 4.98 Å². The first-order valence-electron chi connectivity index (χ1n) is 11.3. The van der Waals surface area contributed by atoms with Gasteiger partial charge in [-0.3, -0.25) is 9.59 Å². The molecular weight excluding hydrogens is 440 g/mol. The van der Waals surface area contributed by atoms with Crippen LogP contribution in [-0.2, 0) is 20.9 Å². The third kappa shape index (κ3) is 4.23. The number of nitrogens with zero attached hydrogens (tertiary/aromatic N) is 4. The lowest BCUT2D eigenvalue weighted by Gasteiger charge is -2.32. The van der Waals surface area contributed by atoms with E-state index < -0.39 is 0 Å². The van der Waals surface area contributed by atoms with Crippen molar-refractivity contribution in [2.75, 3.05) is 31.1 Å². The monoisotopic (exact) mass is 466 g/mol. The van der Waals surface area contributed by atoms with E-state index in [9.17, 15) is 9.59 Å². The second kappa shape index (κ2) is 8.80. The molecule has 2 aliphatic heterocycles. The number of aryl methyl sites for hydroxylation is 1. The third-order valence-electron chi connectivity index (χ3n) is 6.45. The largest absolute Gasteiger partial charge is 0.373 e. The van der Waals surface area contributed by atoms with Crippen molar-refractivity contribution in [1.82, 2.24) is 14.5 Å². The van der Waals surface area contributed by atoms with Gasteiger partial charge in [0.25, 0.3) is 0 Å². The maximum absolute atomic E-state index is 12.2. The SMILES string of the molecule is CC(=O)N1CCO[C@@H](Cn2c(-c3ccc(N4CCCC4=O)cc3Cl)nc3cc(C)ccc32)C1. The zero-order valence-electron chi connectivity index (χ0n) is 18.9. The number of anilines is 1. The molecule has 2 fully saturated rings. The van der Waals surface area contributed by atoms with Crippen LogP contribution in [0.3, 0.4) is 0 Å². The normalized spacial score (nSPS) is 19.0. The Hall–Kier alpha value is -2.90. The van der Waals surface area contributed by atoms with Gasteiger partial charge in [0.1, 0.15) is 5.82 Å². The molecule has 0 bridgehead atoms. The lowest BCUT2D eigenvalue weighted by molar-refractivity contribution is -0.136. The molecule has 7 nitrogen and oxygen atoms in total. The van der Waals surface area contributed by atoms with Crippen molar-refractivity contribution >= 4 is 40.1 Å². The van der Waals surface area contributed by atoms with Gasteiger partial charge in [0.15, 0.2) is 0 Å². The quantitative estimate of drug-likeness (QED) is 0.582. The predicted molar refractivity (Wildman–Crippen MR) is 128 cm³/mol. The number of fused-ring (bicyclic) bond motifs is 1. The molecule has 2 aliphatic rings. The smallest absolute Gasteiger partial charge is 0.227 e. The Morgan fingerprint density at radius 2 is 2.06 bits per heavy atom. The number of amides is 2. The molecule has 5 rings (SSSR count). The summed E-state index contributed by atoms with van der Waals surface area (Å²) in [5.41, 5.74) is 4.63. The highest BCUT2D eigenvalue weighted by molar-refractivity contribution is 6.33. The number of carbonyl (C=O) groups excluding carboxylic acids is 2. The molecule has 3 heterocycles. The average Bonchev–Trinajstić information content (AvgIpc) is 3.37. The van der Waals surface area contributed by atoms with E-state index >= 15 is 0 Å². The summed E-state index contributed by atoms with van der Waals surface area (Å²) in [6.07, 6.45) is 1.31. The van der Waals surface area contributed by atoms with Crippen LogP contribution in [0, 0.1) is 6.92 Å². The maximum Gasteiger partial charge on any atom is 0.227 e. The molecule has 3 aromatic rings. The summed E-state index contributed by atoms with van der Waals surface area (Å²) >= 11 is 6.75. The third-order valence-corrected chi connectivity index (χ3v) is 6.77. The van der Waals surface area contributed by atoms with E-state index in [2.05, 4.69) is 22.8 Å². The lowest BCUT2D eigenvalue weighted by Crippen LogP contribution is -2.46.